The molecule has 180 valence electrons. The molecule has 0 aliphatic carbocycles. The first-order valence-electron chi connectivity index (χ1n) is 12.1. The van der Waals surface area contributed by atoms with E-state index in [1.807, 2.05) is 26.0 Å². The van der Waals surface area contributed by atoms with Crippen LogP contribution in [-0.2, 0) is 0 Å². The largest absolute Gasteiger partial charge is 0.493 e. The number of Topliss-reactive ketones (excluding diaryl/α,β-unsaturated/α-hetero) is 1. The summed E-state index contributed by atoms with van der Waals surface area (Å²) in [7, 11) is 0. The average Bonchev–Trinajstić information content (AvgIpc) is 3.21. The Morgan fingerprint density at radius 2 is 1.97 bits per heavy atom. The van der Waals surface area contributed by atoms with Crippen LogP contribution in [0.25, 0.3) is 11.0 Å². The van der Waals surface area contributed by atoms with Crippen molar-refractivity contribution in [2.45, 2.75) is 57.5 Å². The van der Waals surface area contributed by atoms with Gasteiger partial charge >= 0.3 is 0 Å². The van der Waals surface area contributed by atoms with Crippen LogP contribution in [0.1, 0.15) is 67.9 Å². The van der Waals surface area contributed by atoms with Crippen molar-refractivity contribution in [3.05, 3.63) is 53.5 Å². The maximum atomic E-state index is 13.4. The number of carbonyl (C=O) groups excluding carboxylic acids is 1. The summed E-state index contributed by atoms with van der Waals surface area (Å²) in [6.45, 7) is 7.57. The molecule has 34 heavy (non-hydrogen) atoms. The lowest BCUT2D eigenvalue weighted by molar-refractivity contribution is 0.0618. The van der Waals surface area contributed by atoms with E-state index in [-0.39, 0.29) is 11.6 Å². The van der Waals surface area contributed by atoms with Gasteiger partial charge in [-0.25, -0.2) is 4.39 Å². The molecule has 2 aliphatic heterocycles. The molecular weight excluding hydrogens is 435 g/mol. The minimum Gasteiger partial charge on any atom is -0.493 e. The molecule has 0 unspecified atom stereocenters. The van der Waals surface area contributed by atoms with E-state index in [0.29, 0.717) is 35.8 Å². The number of fused-ring (bicyclic) bond motifs is 2. The summed E-state index contributed by atoms with van der Waals surface area (Å²) < 4.78 is 30.6. The molecular formula is C27H31FN2O4. The zero-order chi connectivity index (χ0) is 23.7. The van der Waals surface area contributed by atoms with E-state index in [1.54, 1.807) is 12.1 Å². The van der Waals surface area contributed by atoms with E-state index in [2.05, 4.69) is 10.1 Å². The predicted molar refractivity (Wildman–Crippen MR) is 127 cm³/mol. The van der Waals surface area contributed by atoms with Gasteiger partial charge in [0.25, 0.3) is 0 Å². The average molecular weight is 467 g/mol. The first-order valence-corrected chi connectivity index (χ1v) is 12.1. The molecule has 2 aliphatic rings. The fourth-order valence-electron chi connectivity index (χ4n) is 5.01. The van der Waals surface area contributed by atoms with E-state index in [0.717, 1.165) is 62.1 Å². The molecule has 0 atom stereocenters. The third-order valence-corrected chi connectivity index (χ3v) is 6.80. The monoisotopic (exact) mass is 466 g/mol. The second kappa shape index (κ2) is 9.37. The van der Waals surface area contributed by atoms with Crippen LogP contribution in [0.3, 0.4) is 0 Å². The molecule has 5 rings (SSSR count). The molecule has 1 saturated heterocycles. The molecule has 6 nitrogen and oxygen atoms in total. The SMILES string of the molecule is CC1(C)CC(=O)c2ccc(OCCCCN3CCC(c4noc5cc(F)ccc45)CC3)cc2O1. The number of likely N-dealkylation sites (tertiary alicyclic amines) is 1. The second-order valence-electron chi connectivity index (χ2n) is 10.00. The Hall–Kier alpha value is -2.93. The topological polar surface area (TPSA) is 64.8 Å². The molecule has 0 N–H and O–H groups in total. The zero-order valence-corrected chi connectivity index (χ0v) is 19.8. The fourth-order valence-corrected chi connectivity index (χ4v) is 5.01. The van der Waals surface area contributed by atoms with Gasteiger partial charge in [0.2, 0.25) is 0 Å². The number of ketones is 1. The van der Waals surface area contributed by atoms with Crippen LogP contribution in [0.15, 0.2) is 40.9 Å². The third kappa shape index (κ3) is 4.94. The number of hydrogen-bond acceptors (Lipinski definition) is 6. The van der Waals surface area contributed by atoms with Crippen molar-refractivity contribution >= 4 is 16.8 Å². The first kappa shape index (κ1) is 22.8. The maximum absolute atomic E-state index is 13.4. The van der Waals surface area contributed by atoms with Crippen LogP contribution in [0, 0.1) is 5.82 Å². The molecule has 2 aromatic carbocycles. The van der Waals surface area contributed by atoms with Crippen LogP contribution >= 0.6 is 0 Å². The van der Waals surface area contributed by atoms with Gasteiger partial charge < -0.3 is 18.9 Å². The number of carbonyl (C=O) groups is 1. The van der Waals surface area contributed by atoms with Gasteiger partial charge in [-0.1, -0.05) is 5.16 Å². The van der Waals surface area contributed by atoms with E-state index < -0.39 is 5.60 Å². The van der Waals surface area contributed by atoms with Crippen LogP contribution < -0.4 is 9.47 Å². The zero-order valence-electron chi connectivity index (χ0n) is 19.8. The Kier molecular flexibility index (Phi) is 6.30. The van der Waals surface area contributed by atoms with Crippen molar-refractivity contribution in [2.24, 2.45) is 0 Å². The molecule has 1 fully saturated rings. The molecule has 0 spiro atoms. The molecule has 0 radical (unpaired) electrons. The van der Waals surface area contributed by atoms with Gasteiger partial charge in [0.05, 0.1) is 24.3 Å². The van der Waals surface area contributed by atoms with E-state index >= 15 is 0 Å². The van der Waals surface area contributed by atoms with Crippen molar-refractivity contribution in [2.75, 3.05) is 26.2 Å². The van der Waals surface area contributed by atoms with E-state index in [1.165, 1.54) is 12.1 Å². The summed E-state index contributed by atoms with van der Waals surface area (Å²) in [4.78, 5) is 14.8. The summed E-state index contributed by atoms with van der Waals surface area (Å²) >= 11 is 0. The summed E-state index contributed by atoms with van der Waals surface area (Å²) in [6, 6.07) is 10.1. The summed E-state index contributed by atoms with van der Waals surface area (Å²) in [5, 5.41) is 5.16. The molecule has 0 bridgehead atoms. The number of ether oxygens (including phenoxy) is 2. The van der Waals surface area contributed by atoms with Crippen LogP contribution in [0.4, 0.5) is 4.39 Å². The number of hydrogen-bond donors (Lipinski definition) is 0. The van der Waals surface area contributed by atoms with Crippen LogP contribution in [0.5, 0.6) is 11.5 Å². The molecule has 7 heteroatoms. The quantitative estimate of drug-likeness (QED) is 0.413. The fraction of sp³-hybridized carbons (Fsp3) is 0.481. The highest BCUT2D eigenvalue weighted by molar-refractivity contribution is 6.00. The van der Waals surface area contributed by atoms with Gasteiger partial charge in [-0.3, -0.25) is 4.79 Å². The van der Waals surface area contributed by atoms with Gasteiger partial charge in [-0.15, -0.1) is 0 Å². The number of rotatable bonds is 7. The third-order valence-electron chi connectivity index (χ3n) is 6.80. The Balaban J connectivity index is 1.05. The highest BCUT2D eigenvalue weighted by Gasteiger charge is 2.32. The lowest BCUT2D eigenvalue weighted by Crippen LogP contribution is -2.35. The number of piperidine rings is 1. The molecule has 3 aromatic rings. The molecule has 0 amide bonds. The van der Waals surface area contributed by atoms with Gasteiger partial charge in [-0.05, 0) is 83.4 Å². The summed E-state index contributed by atoms with van der Waals surface area (Å²) in [5.41, 5.74) is 1.65. The number of halogens is 1. The molecule has 3 heterocycles. The van der Waals surface area contributed by atoms with Gasteiger partial charge in [-0.2, -0.15) is 0 Å². The van der Waals surface area contributed by atoms with E-state index in [9.17, 15) is 9.18 Å². The summed E-state index contributed by atoms with van der Waals surface area (Å²) in [6.07, 6.45) is 4.47. The van der Waals surface area contributed by atoms with Crippen molar-refractivity contribution in [1.29, 1.82) is 0 Å². The van der Waals surface area contributed by atoms with Crippen molar-refractivity contribution < 1.29 is 23.2 Å². The molecule has 0 saturated carbocycles. The normalized spacial score (nSPS) is 18.6. The minimum absolute atomic E-state index is 0.118. The summed E-state index contributed by atoms with van der Waals surface area (Å²) in [5.74, 6) is 1.53. The number of benzene rings is 2. The first-order chi connectivity index (χ1) is 16.4. The standard InChI is InChI=1S/C27H31FN2O4/c1-27(2)17-23(31)21-8-6-20(16-24(21)33-27)32-14-4-3-11-30-12-9-18(10-13-30)26-22-7-5-19(28)15-25(22)34-29-26/h5-8,15-16,18H,3-4,9-14,17H2,1-2H3. The Morgan fingerprint density at radius 1 is 1.15 bits per heavy atom. The van der Waals surface area contributed by atoms with Gasteiger partial charge in [0.1, 0.15) is 22.9 Å². The van der Waals surface area contributed by atoms with Crippen LogP contribution in [-0.4, -0.2) is 47.7 Å². The molecule has 1 aromatic heterocycles. The Morgan fingerprint density at radius 3 is 2.79 bits per heavy atom. The highest BCUT2D eigenvalue weighted by Crippen LogP contribution is 2.36. The minimum atomic E-state index is -0.477. The van der Waals surface area contributed by atoms with Crippen molar-refractivity contribution in [3.63, 3.8) is 0 Å². The van der Waals surface area contributed by atoms with Crippen molar-refractivity contribution in [3.8, 4) is 11.5 Å². The number of unbranched alkanes of at least 4 members (excludes halogenated alkanes) is 1. The Bertz CT molecular complexity index is 1180. The smallest absolute Gasteiger partial charge is 0.170 e. The predicted octanol–water partition coefficient (Wildman–Crippen LogP) is 5.75. The van der Waals surface area contributed by atoms with Crippen LogP contribution in [0.2, 0.25) is 0 Å². The van der Waals surface area contributed by atoms with Gasteiger partial charge in [0, 0.05) is 23.4 Å². The highest BCUT2D eigenvalue weighted by atomic mass is 19.1. The number of aromatic nitrogens is 1. The van der Waals surface area contributed by atoms with E-state index in [4.69, 9.17) is 14.0 Å². The van der Waals surface area contributed by atoms with Gasteiger partial charge in [0.15, 0.2) is 11.4 Å². The Labute approximate surface area is 199 Å². The number of nitrogens with zero attached hydrogens (tertiary/aromatic N) is 2. The lowest BCUT2D eigenvalue weighted by atomic mass is 9.91. The second-order valence-corrected chi connectivity index (χ2v) is 10.00. The maximum Gasteiger partial charge on any atom is 0.170 e. The lowest BCUT2D eigenvalue weighted by Gasteiger charge is -2.31. The van der Waals surface area contributed by atoms with Crippen molar-refractivity contribution in [1.82, 2.24) is 10.1 Å².